The Morgan fingerprint density at radius 2 is 2.10 bits per heavy atom. The van der Waals surface area contributed by atoms with Gasteiger partial charge in [0.15, 0.2) is 0 Å². The third-order valence-electron chi connectivity index (χ3n) is 2.57. The van der Waals surface area contributed by atoms with Crippen LogP contribution in [0, 0.1) is 0 Å². The van der Waals surface area contributed by atoms with Gasteiger partial charge in [0.1, 0.15) is 16.5 Å². The average molecular weight is 307 g/mol. The third-order valence-corrected chi connectivity index (χ3v) is 2.79. The Morgan fingerprint density at radius 3 is 2.60 bits per heavy atom. The number of hydrogen-bond donors (Lipinski definition) is 1. The molecule has 1 aromatic rings. The van der Waals surface area contributed by atoms with E-state index in [0.717, 1.165) is 6.07 Å². The molecule has 0 bridgehead atoms. The number of rotatable bonds is 6. The van der Waals surface area contributed by atoms with Crippen LogP contribution in [-0.4, -0.2) is 36.8 Å². The van der Waals surface area contributed by atoms with Gasteiger partial charge in [-0.05, 0) is 19.1 Å². The second-order valence-corrected chi connectivity index (χ2v) is 4.49. The summed E-state index contributed by atoms with van der Waals surface area (Å²) in [5.41, 5.74) is 4.85. The van der Waals surface area contributed by atoms with Gasteiger partial charge < -0.3 is 15.4 Å². The van der Waals surface area contributed by atoms with Gasteiger partial charge in [0.05, 0.1) is 12.2 Å². The summed E-state index contributed by atoms with van der Waals surface area (Å²) in [6, 6.07) is 2.11. The molecule has 1 aromatic heterocycles. The molecule has 0 saturated heterocycles. The number of anilines is 1. The maximum Gasteiger partial charge on any atom is 0.433 e. The van der Waals surface area contributed by atoms with Crippen LogP contribution in [0.25, 0.3) is 0 Å². The van der Waals surface area contributed by atoms with Gasteiger partial charge in [-0.25, -0.2) is 4.98 Å². The Labute approximate surface area is 120 Å². The number of thiocarbonyl (C=S) groups is 1. The molecule has 0 aliphatic heterocycles. The number of alkyl halides is 3. The van der Waals surface area contributed by atoms with Crippen LogP contribution in [0.5, 0.6) is 0 Å². The van der Waals surface area contributed by atoms with E-state index >= 15 is 0 Å². The van der Waals surface area contributed by atoms with Gasteiger partial charge in [-0.3, -0.25) is 0 Å². The van der Waals surface area contributed by atoms with Crippen molar-refractivity contribution in [1.82, 2.24) is 4.98 Å². The number of nitrogens with zero attached hydrogens (tertiary/aromatic N) is 2. The highest BCUT2D eigenvalue weighted by Crippen LogP contribution is 2.30. The fraction of sp³-hybridized carbons (Fsp3) is 0.500. The Hall–Kier alpha value is -1.41. The number of likely N-dealkylation sites (N-methyl/N-ethyl adjacent to an activating group) is 1. The number of halogens is 3. The molecule has 0 saturated carbocycles. The van der Waals surface area contributed by atoms with Crippen molar-refractivity contribution in [2.24, 2.45) is 5.73 Å². The van der Waals surface area contributed by atoms with Crippen LogP contribution in [0.4, 0.5) is 19.0 Å². The smallest absolute Gasteiger partial charge is 0.389 e. The molecule has 112 valence electrons. The normalized spacial score (nSPS) is 11.4. The monoisotopic (exact) mass is 307 g/mol. The molecule has 1 heterocycles. The van der Waals surface area contributed by atoms with Crippen LogP contribution in [0.15, 0.2) is 12.1 Å². The Kier molecular flexibility index (Phi) is 5.70. The van der Waals surface area contributed by atoms with Gasteiger partial charge in [0.2, 0.25) is 0 Å². The summed E-state index contributed by atoms with van der Waals surface area (Å²) in [7, 11) is 1.61. The second kappa shape index (κ2) is 6.85. The molecule has 1 rings (SSSR count). The molecule has 0 amide bonds. The van der Waals surface area contributed by atoms with Gasteiger partial charge in [-0.2, -0.15) is 13.2 Å². The van der Waals surface area contributed by atoms with Gasteiger partial charge in [-0.1, -0.05) is 12.2 Å². The SMILES string of the molecule is CCOCCN(C)c1nc(C(F)(F)F)ccc1C(N)=S. The number of pyridine rings is 1. The number of nitrogens with two attached hydrogens (primary N) is 1. The van der Waals surface area contributed by atoms with Gasteiger partial charge in [-0.15, -0.1) is 0 Å². The van der Waals surface area contributed by atoms with E-state index in [-0.39, 0.29) is 10.8 Å². The Morgan fingerprint density at radius 1 is 1.45 bits per heavy atom. The fourth-order valence-corrected chi connectivity index (χ4v) is 1.70. The largest absolute Gasteiger partial charge is 0.433 e. The molecule has 0 aliphatic carbocycles. The van der Waals surface area contributed by atoms with Crippen molar-refractivity contribution in [1.29, 1.82) is 0 Å². The van der Waals surface area contributed by atoms with Gasteiger partial charge in [0.25, 0.3) is 0 Å². The number of ether oxygens (including phenoxy) is 1. The first-order valence-corrected chi connectivity index (χ1v) is 6.35. The van der Waals surface area contributed by atoms with Crippen molar-refractivity contribution in [3.05, 3.63) is 23.4 Å². The highest BCUT2D eigenvalue weighted by atomic mass is 32.1. The molecular formula is C12H16F3N3OS. The summed E-state index contributed by atoms with van der Waals surface area (Å²) in [6.07, 6.45) is -4.51. The second-order valence-electron chi connectivity index (χ2n) is 4.05. The molecule has 0 spiro atoms. The van der Waals surface area contributed by atoms with Gasteiger partial charge in [0, 0.05) is 20.2 Å². The standard InChI is InChI=1S/C12H16F3N3OS/c1-3-19-7-6-18(2)11-8(10(16)20)4-5-9(17-11)12(13,14)15/h4-5H,3,6-7H2,1-2H3,(H2,16,20). The zero-order valence-corrected chi connectivity index (χ0v) is 12.0. The van der Waals surface area contributed by atoms with Crippen molar-refractivity contribution in [2.75, 3.05) is 31.7 Å². The van der Waals surface area contributed by atoms with Crippen molar-refractivity contribution < 1.29 is 17.9 Å². The van der Waals surface area contributed by atoms with E-state index in [4.69, 9.17) is 22.7 Å². The minimum Gasteiger partial charge on any atom is -0.389 e. The molecule has 0 aliphatic rings. The molecule has 2 N–H and O–H groups in total. The van der Waals surface area contributed by atoms with Crippen LogP contribution in [0.1, 0.15) is 18.2 Å². The van der Waals surface area contributed by atoms with E-state index in [9.17, 15) is 13.2 Å². The first-order valence-electron chi connectivity index (χ1n) is 5.94. The highest BCUT2D eigenvalue weighted by Gasteiger charge is 2.33. The summed E-state index contributed by atoms with van der Waals surface area (Å²) < 4.78 is 43.3. The van der Waals surface area contributed by atoms with Crippen molar-refractivity contribution in [3.8, 4) is 0 Å². The van der Waals surface area contributed by atoms with E-state index in [1.54, 1.807) is 11.9 Å². The fourth-order valence-electron chi connectivity index (χ4n) is 1.54. The third kappa shape index (κ3) is 4.31. The molecule has 20 heavy (non-hydrogen) atoms. The van der Waals surface area contributed by atoms with Crippen LogP contribution in [0.3, 0.4) is 0 Å². The minimum atomic E-state index is -4.51. The molecule has 0 fully saturated rings. The first-order chi connectivity index (χ1) is 9.27. The molecule has 0 unspecified atom stereocenters. The quantitative estimate of drug-likeness (QED) is 0.645. The summed E-state index contributed by atoms with van der Waals surface area (Å²) in [5.74, 6) is 0.104. The lowest BCUT2D eigenvalue weighted by Gasteiger charge is -2.22. The predicted molar refractivity (Wildman–Crippen MR) is 74.9 cm³/mol. The van der Waals surface area contributed by atoms with E-state index < -0.39 is 11.9 Å². The van der Waals surface area contributed by atoms with Gasteiger partial charge >= 0.3 is 6.18 Å². The average Bonchev–Trinajstić information content (AvgIpc) is 2.37. The van der Waals surface area contributed by atoms with E-state index in [2.05, 4.69) is 4.98 Å². The Bertz CT molecular complexity index is 480. The number of hydrogen-bond acceptors (Lipinski definition) is 4. The zero-order chi connectivity index (χ0) is 15.3. The summed E-state index contributed by atoms with van der Waals surface area (Å²) in [4.78, 5) is 5.17. The lowest BCUT2D eigenvalue weighted by Crippen LogP contribution is -2.28. The minimum absolute atomic E-state index is 0.00415. The summed E-state index contributed by atoms with van der Waals surface area (Å²) in [5, 5.41) is 0. The maximum absolute atomic E-state index is 12.7. The van der Waals surface area contributed by atoms with Crippen molar-refractivity contribution in [2.45, 2.75) is 13.1 Å². The molecule has 4 nitrogen and oxygen atoms in total. The predicted octanol–water partition coefficient (Wildman–Crippen LogP) is 2.21. The van der Waals surface area contributed by atoms with E-state index in [1.807, 2.05) is 6.92 Å². The van der Waals surface area contributed by atoms with E-state index in [1.165, 1.54) is 6.07 Å². The highest BCUT2D eigenvalue weighted by molar-refractivity contribution is 7.80. The lowest BCUT2D eigenvalue weighted by atomic mass is 10.2. The zero-order valence-electron chi connectivity index (χ0n) is 11.2. The van der Waals surface area contributed by atoms with Crippen LogP contribution >= 0.6 is 12.2 Å². The first kappa shape index (κ1) is 16.6. The molecule has 0 radical (unpaired) electrons. The van der Waals surface area contributed by atoms with Crippen molar-refractivity contribution >= 4 is 23.0 Å². The van der Waals surface area contributed by atoms with Crippen molar-refractivity contribution in [3.63, 3.8) is 0 Å². The topological polar surface area (TPSA) is 51.4 Å². The molecule has 8 heteroatoms. The molecular weight excluding hydrogens is 291 g/mol. The summed E-state index contributed by atoms with van der Waals surface area (Å²) >= 11 is 4.84. The van der Waals surface area contributed by atoms with Crippen LogP contribution in [0.2, 0.25) is 0 Å². The Balaban J connectivity index is 3.08. The molecule has 0 atom stereocenters. The van der Waals surface area contributed by atoms with E-state index in [0.29, 0.717) is 25.3 Å². The van der Waals surface area contributed by atoms with Crippen LogP contribution < -0.4 is 10.6 Å². The van der Waals surface area contributed by atoms with Crippen LogP contribution in [-0.2, 0) is 10.9 Å². The molecule has 0 aromatic carbocycles. The summed E-state index contributed by atoms with van der Waals surface area (Å²) in [6.45, 7) is 3.13. The lowest BCUT2D eigenvalue weighted by molar-refractivity contribution is -0.141. The maximum atomic E-state index is 12.7. The number of aromatic nitrogens is 1.